The second-order valence-corrected chi connectivity index (χ2v) is 6.92. The number of hydrogen-bond donors (Lipinski definition) is 1. The van der Waals surface area contributed by atoms with Crippen LogP contribution in [0.25, 0.3) is 0 Å². The fourth-order valence-corrected chi connectivity index (χ4v) is 4.66. The molecule has 3 unspecified atom stereocenters. The van der Waals surface area contributed by atoms with Crippen LogP contribution in [0.15, 0.2) is 18.2 Å². The first-order chi connectivity index (χ1) is 10.3. The van der Waals surface area contributed by atoms with E-state index in [1.165, 1.54) is 25.7 Å². The maximum atomic E-state index is 12.1. The Bertz CT molecular complexity index is 562. The van der Waals surface area contributed by atoms with Crippen molar-refractivity contribution in [2.45, 2.75) is 31.1 Å². The van der Waals surface area contributed by atoms with Crippen LogP contribution in [-0.4, -0.2) is 19.1 Å². The third-order valence-electron chi connectivity index (χ3n) is 5.27. The number of carbonyl (C=O) groups is 1. The van der Waals surface area contributed by atoms with Crippen LogP contribution < -0.4 is 10.1 Å². The van der Waals surface area contributed by atoms with Crippen LogP contribution in [-0.2, 0) is 0 Å². The Morgan fingerprint density at radius 2 is 2.00 bits per heavy atom. The first-order valence-corrected chi connectivity index (χ1v) is 8.38. The molecule has 4 heteroatoms. The molecule has 0 aromatic heterocycles. The number of hydrogen-bond acceptors (Lipinski definition) is 2. The summed E-state index contributed by atoms with van der Waals surface area (Å²) >= 11 is 6.74. The van der Waals surface area contributed by atoms with Crippen molar-refractivity contribution in [2.24, 2.45) is 17.8 Å². The van der Waals surface area contributed by atoms with Crippen LogP contribution in [0.4, 0.5) is 0 Å². The zero-order valence-electron chi connectivity index (χ0n) is 12.0. The number of alkyl halides is 1. The van der Waals surface area contributed by atoms with Gasteiger partial charge in [-0.15, -0.1) is 11.6 Å². The number of carbonyl (C=O) groups excluding carboxylic acids is 1. The van der Waals surface area contributed by atoms with Gasteiger partial charge in [0.05, 0.1) is 17.5 Å². The molecule has 1 N–H and O–H groups in total. The van der Waals surface area contributed by atoms with Crippen LogP contribution in [0.1, 0.15) is 47.0 Å². The van der Waals surface area contributed by atoms with Crippen LogP contribution in [0.5, 0.6) is 5.75 Å². The molecule has 3 atom stereocenters. The first-order valence-electron chi connectivity index (χ1n) is 7.95. The molecule has 3 aliphatic rings. The zero-order chi connectivity index (χ0) is 14.4. The third-order valence-corrected chi connectivity index (χ3v) is 5.82. The number of fused-ring (bicyclic) bond motifs is 2. The number of benzene rings is 1. The molecular formula is C17H20ClNO2. The second kappa shape index (κ2) is 5.20. The van der Waals surface area contributed by atoms with Gasteiger partial charge in [-0.25, -0.2) is 0 Å². The lowest BCUT2D eigenvalue weighted by Crippen LogP contribution is -2.24. The van der Waals surface area contributed by atoms with E-state index in [9.17, 15) is 4.79 Å². The third kappa shape index (κ3) is 2.32. The first kappa shape index (κ1) is 13.4. The monoisotopic (exact) mass is 305 g/mol. The normalized spacial score (nSPS) is 32.0. The number of halogens is 1. The summed E-state index contributed by atoms with van der Waals surface area (Å²) in [5.41, 5.74) is 1.69. The lowest BCUT2D eigenvalue weighted by atomic mass is 10.0. The number of rotatable bonds is 2. The molecule has 1 heterocycles. The number of amides is 1. The van der Waals surface area contributed by atoms with Crippen molar-refractivity contribution >= 4 is 17.5 Å². The number of ether oxygens (including phenoxy) is 1. The summed E-state index contributed by atoms with van der Waals surface area (Å²) in [6, 6.07) is 5.86. The average molecular weight is 306 g/mol. The van der Waals surface area contributed by atoms with Crippen LogP contribution in [0.2, 0.25) is 0 Å². The molecule has 1 aromatic rings. The Morgan fingerprint density at radius 3 is 2.76 bits per heavy atom. The van der Waals surface area contributed by atoms with Gasteiger partial charge in [-0.2, -0.15) is 0 Å². The summed E-state index contributed by atoms with van der Waals surface area (Å²) in [7, 11) is 0. The molecule has 1 aromatic carbocycles. The molecule has 0 bridgehead atoms. The Labute approximate surface area is 130 Å². The molecule has 0 saturated heterocycles. The van der Waals surface area contributed by atoms with Crippen molar-refractivity contribution in [1.29, 1.82) is 0 Å². The van der Waals surface area contributed by atoms with Gasteiger partial charge in [-0.3, -0.25) is 4.79 Å². The highest BCUT2D eigenvalue weighted by Gasteiger charge is 2.54. The number of nitrogens with one attached hydrogen (secondary N) is 1. The molecule has 0 spiro atoms. The molecule has 2 fully saturated rings. The smallest absolute Gasteiger partial charge is 0.255 e. The fourth-order valence-electron chi connectivity index (χ4n) is 4.15. The van der Waals surface area contributed by atoms with E-state index in [1.54, 1.807) is 0 Å². The minimum atomic E-state index is -0.0542. The van der Waals surface area contributed by atoms with Gasteiger partial charge in [0, 0.05) is 0 Å². The molecule has 112 valence electrons. The fraction of sp³-hybridized carbons (Fsp3) is 0.588. The molecule has 1 amide bonds. The Balaban J connectivity index is 1.59. The van der Waals surface area contributed by atoms with Gasteiger partial charge < -0.3 is 10.1 Å². The summed E-state index contributed by atoms with van der Waals surface area (Å²) in [5.74, 6) is 2.84. The van der Waals surface area contributed by atoms with Crippen molar-refractivity contribution in [3.8, 4) is 5.75 Å². The van der Waals surface area contributed by atoms with Crippen LogP contribution >= 0.6 is 11.6 Å². The Kier molecular flexibility index (Phi) is 3.33. The van der Waals surface area contributed by atoms with Gasteiger partial charge in [0.1, 0.15) is 12.4 Å². The topological polar surface area (TPSA) is 38.3 Å². The highest BCUT2D eigenvalue weighted by molar-refractivity contribution is 6.21. The van der Waals surface area contributed by atoms with E-state index in [0.717, 1.165) is 17.4 Å². The van der Waals surface area contributed by atoms with Gasteiger partial charge >= 0.3 is 0 Å². The summed E-state index contributed by atoms with van der Waals surface area (Å²) in [4.78, 5) is 12.1. The minimum absolute atomic E-state index is 0.0273. The van der Waals surface area contributed by atoms with Gasteiger partial charge in [-0.05, 0) is 48.3 Å². The quantitative estimate of drug-likeness (QED) is 0.849. The maximum absolute atomic E-state index is 12.1. The van der Waals surface area contributed by atoms with Crippen molar-refractivity contribution in [3.05, 3.63) is 29.3 Å². The summed E-state index contributed by atoms with van der Waals surface area (Å²) in [5, 5.41) is 2.88. The van der Waals surface area contributed by atoms with E-state index >= 15 is 0 Å². The van der Waals surface area contributed by atoms with Crippen LogP contribution in [0.3, 0.4) is 0 Å². The second-order valence-electron chi connectivity index (χ2n) is 6.45. The standard InChI is InChI=1S/C17H20ClNO2/c18-16(15-11-3-1-2-4-12(11)15)10-5-6-14-13(9-10)17(20)19-7-8-21-14/h5-6,9,11-12,15-16H,1-4,7-8H2,(H,19,20). The largest absolute Gasteiger partial charge is 0.491 e. The molecule has 3 nitrogen and oxygen atoms in total. The molecule has 2 aliphatic carbocycles. The lowest BCUT2D eigenvalue weighted by molar-refractivity contribution is 0.0957. The van der Waals surface area contributed by atoms with Gasteiger partial charge in [0.15, 0.2) is 0 Å². The van der Waals surface area contributed by atoms with E-state index in [-0.39, 0.29) is 11.3 Å². The van der Waals surface area contributed by atoms with Gasteiger partial charge in [0.25, 0.3) is 5.91 Å². The summed E-state index contributed by atoms with van der Waals surface area (Å²) in [6.45, 7) is 1.08. The van der Waals surface area contributed by atoms with Crippen molar-refractivity contribution in [2.75, 3.05) is 13.2 Å². The molecule has 2 saturated carbocycles. The Morgan fingerprint density at radius 1 is 1.24 bits per heavy atom. The van der Waals surface area contributed by atoms with Crippen molar-refractivity contribution < 1.29 is 9.53 Å². The minimum Gasteiger partial charge on any atom is -0.491 e. The van der Waals surface area contributed by atoms with E-state index in [2.05, 4.69) is 5.32 Å². The predicted octanol–water partition coefficient (Wildman–Crippen LogP) is 3.52. The Hall–Kier alpha value is -1.22. The predicted molar refractivity (Wildman–Crippen MR) is 81.8 cm³/mol. The summed E-state index contributed by atoms with van der Waals surface area (Å²) in [6.07, 6.45) is 5.35. The van der Waals surface area contributed by atoms with Gasteiger partial charge in [-0.1, -0.05) is 18.9 Å². The van der Waals surface area contributed by atoms with Crippen LogP contribution in [0, 0.1) is 17.8 Å². The van der Waals surface area contributed by atoms with E-state index in [4.69, 9.17) is 16.3 Å². The highest BCUT2D eigenvalue weighted by atomic mass is 35.5. The molecule has 0 radical (unpaired) electrons. The average Bonchev–Trinajstić information content (AvgIpc) is 3.27. The highest BCUT2D eigenvalue weighted by Crippen LogP contribution is 2.62. The van der Waals surface area contributed by atoms with E-state index in [0.29, 0.717) is 30.4 Å². The SMILES string of the molecule is O=C1NCCOc2ccc(C(Cl)C3C4CCCCC43)cc21. The van der Waals surface area contributed by atoms with E-state index in [1.807, 2.05) is 18.2 Å². The molecular weight excluding hydrogens is 286 g/mol. The summed E-state index contributed by atoms with van der Waals surface area (Å²) < 4.78 is 5.60. The zero-order valence-corrected chi connectivity index (χ0v) is 12.7. The van der Waals surface area contributed by atoms with Gasteiger partial charge in [0.2, 0.25) is 0 Å². The van der Waals surface area contributed by atoms with E-state index < -0.39 is 0 Å². The lowest BCUT2D eigenvalue weighted by Gasteiger charge is -2.13. The molecule has 1 aliphatic heterocycles. The van der Waals surface area contributed by atoms with Crippen molar-refractivity contribution in [3.63, 3.8) is 0 Å². The maximum Gasteiger partial charge on any atom is 0.255 e. The molecule has 21 heavy (non-hydrogen) atoms. The molecule has 4 rings (SSSR count). The van der Waals surface area contributed by atoms with Crippen molar-refractivity contribution in [1.82, 2.24) is 5.32 Å².